The van der Waals surface area contributed by atoms with E-state index < -0.39 is 0 Å². The summed E-state index contributed by atoms with van der Waals surface area (Å²) < 4.78 is 7.49. The minimum Gasteiger partial charge on any atom is -0.395 e. The van der Waals surface area contributed by atoms with Crippen molar-refractivity contribution in [2.75, 3.05) is 62.8 Å². The summed E-state index contributed by atoms with van der Waals surface area (Å²) in [6, 6.07) is 10.7. The van der Waals surface area contributed by atoms with Gasteiger partial charge in [0.25, 0.3) is 0 Å². The van der Waals surface area contributed by atoms with Crippen molar-refractivity contribution in [2.24, 2.45) is 0 Å². The Hall–Kier alpha value is -2.75. The van der Waals surface area contributed by atoms with Crippen LogP contribution in [0.15, 0.2) is 36.7 Å². The molecule has 2 saturated heterocycles. The fourth-order valence-electron chi connectivity index (χ4n) is 4.48. The van der Waals surface area contributed by atoms with Crippen molar-refractivity contribution < 1.29 is 9.84 Å². The maximum Gasteiger partial charge on any atom is 0.229 e. The number of nitrogens with zero attached hydrogens (tertiary/aromatic N) is 6. The molecule has 0 saturated carbocycles. The molecule has 2 aliphatic rings. The van der Waals surface area contributed by atoms with Crippen LogP contribution in [0.5, 0.6) is 0 Å². The van der Waals surface area contributed by atoms with Gasteiger partial charge in [0.15, 0.2) is 17.0 Å². The zero-order chi connectivity index (χ0) is 21.0. The minimum absolute atomic E-state index is 0.0329. The average molecular weight is 424 g/mol. The number of para-hydroxylation sites is 1. The van der Waals surface area contributed by atoms with Gasteiger partial charge >= 0.3 is 0 Å². The molecule has 9 nitrogen and oxygen atoms in total. The van der Waals surface area contributed by atoms with Crippen LogP contribution in [-0.4, -0.2) is 88.1 Å². The summed E-state index contributed by atoms with van der Waals surface area (Å²) in [5, 5.41) is 12.5. The fourth-order valence-corrected chi connectivity index (χ4v) is 4.48. The van der Waals surface area contributed by atoms with Gasteiger partial charge in [-0.15, -0.1) is 0 Å². The molecule has 0 unspecified atom stereocenters. The van der Waals surface area contributed by atoms with E-state index in [-0.39, 0.29) is 6.61 Å². The van der Waals surface area contributed by atoms with Crippen LogP contribution < -0.4 is 10.2 Å². The third-order valence-corrected chi connectivity index (χ3v) is 6.13. The number of hydrogen-bond acceptors (Lipinski definition) is 8. The Balaban J connectivity index is 1.43. The van der Waals surface area contributed by atoms with Crippen LogP contribution >= 0.6 is 0 Å². The lowest BCUT2D eigenvalue weighted by molar-refractivity contribution is 0.0114. The largest absolute Gasteiger partial charge is 0.395 e. The highest BCUT2D eigenvalue weighted by atomic mass is 16.5. The molecule has 0 aliphatic carbocycles. The quantitative estimate of drug-likeness (QED) is 0.617. The zero-order valence-electron chi connectivity index (χ0n) is 17.7. The number of anilines is 2. The first-order valence-electron chi connectivity index (χ1n) is 11.1. The number of morpholine rings is 1. The summed E-state index contributed by atoms with van der Waals surface area (Å²) in [7, 11) is 0. The van der Waals surface area contributed by atoms with Gasteiger partial charge in [-0.3, -0.25) is 9.47 Å². The number of nitrogens with one attached hydrogen (secondary N) is 1. The monoisotopic (exact) mass is 423 g/mol. The third kappa shape index (κ3) is 4.21. The van der Waals surface area contributed by atoms with Crippen LogP contribution in [0, 0.1) is 0 Å². The van der Waals surface area contributed by atoms with Crippen LogP contribution in [0.3, 0.4) is 0 Å². The molecule has 2 fully saturated rings. The second-order valence-electron chi connectivity index (χ2n) is 8.01. The Labute approximate surface area is 181 Å². The molecule has 164 valence electrons. The van der Waals surface area contributed by atoms with Gasteiger partial charge in [-0.1, -0.05) is 18.2 Å². The maximum atomic E-state index is 9.30. The number of ether oxygens (including phenoxy) is 1. The van der Waals surface area contributed by atoms with Crippen molar-refractivity contribution >= 4 is 22.9 Å². The van der Waals surface area contributed by atoms with Crippen molar-refractivity contribution in [3.05, 3.63) is 36.7 Å². The molecule has 0 atom stereocenters. The average Bonchev–Trinajstić information content (AvgIpc) is 3.28. The van der Waals surface area contributed by atoms with Crippen LogP contribution in [0.2, 0.25) is 0 Å². The number of aromatic nitrogens is 4. The van der Waals surface area contributed by atoms with Crippen molar-refractivity contribution in [3.63, 3.8) is 0 Å². The predicted molar refractivity (Wildman–Crippen MR) is 120 cm³/mol. The first-order chi connectivity index (χ1) is 15.3. The first kappa shape index (κ1) is 20.2. The molecule has 1 aromatic carbocycles. The van der Waals surface area contributed by atoms with Crippen molar-refractivity contribution in [3.8, 4) is 5.69 Å². The molecule has 5 rings (SSSR count). The van der Waals surface area contributed by atoms with Crippen LogP contribution in [0.1, 0.15) is 12.8 Å². The van der Waals surface area contributed by atoms with Crippen molar-refractivity contribution in [1.29, 1.82) is 0 Å². The topological polar surface area (TPSA) is 91.6 Å². The van der Waals surface area contributed by atoms with Crippen molar-refractivity contribution in [1.82, 2.24) is 24.4 Å². The summed E-state index contributed by atoms with van der Waals surface area (Å²) in [6.07, 6.45) is 3.98. The van der Waals surface area contributed by atoms with E-state index in [0.717, 1.165) is 63.6 Å². The van der Waals surface area contributed by atoms with Gasteiger partial charge in [-0.2, -0.15) is 9.97 Å². The highest BCUT2D eigenvalue weighted by Crippen LogP contribution is 2.27. The highest BCUT2D eigenvalue weighted by Gasteiger charge is 2.27. The molecular weight excluding hydrogens is 394 g/mol. The smallest absolute Gasteiger partial charge is 0.229 e. The van der Waals surface area contributed by atoms with Gasteiger partial charge in [0.1, 0.15) is 6.33 Å². The Morgan fingerprint density at radius 1 is 1.03 bits per heavy atom. The number of aliphatic hydroxyl groups is 1. The Morgan fingerprint density at radius 3 is 2.55 bits per heavy atom. The number of imidazole rings is 1. The zero-order valence-corrected chi connectivity index (χ0v) is 17.7. The van der Waals surface area contributed by atoms with E-state index in [9.17, 15) is 5.11 Å². The van der Waals surface area contributed by atoms with E-state index in [0.29, 0.717) is 29.9 Å². The summed E-state index contributed by atoms with van der Waals surface area (Å²) in [5.41, 5.74) is 2.49. The lowest BCUT2D eigenvalue weighted by Crippen LogP contribution is -2.49. The van der Waals surface area contributed by atoms with Gasteiger partial charge in [-0.05, 0) is 25.0 Å². The Kier molecular flexibility index (Phi) is 5.97. The summed E-state index contributed by atoms with van der Waals surface area (Å²) >= 11 is 0. The second-order valence-corrected chi connectivity index (χ2v) is 8.01. The van der Waals surface area contributed by atoms with Crippen molar-refractivity contribution in [2.45, 2.75) is 18.9 Å². The van der Waals surface area contributed by atoms with E-state index in [1.807, 2.05) is 34.9 Å². The third-order valence-electron chi connectivity index (χ3n) is 6.13. The fraction of sp³-hybridized carbons (Fsp3) is 0.500. The molecule has 0 spiro atoms. The summed E-state index contributed by atoms with van der Waals surface area (Å²) in [6.45, 7) is 6.02. The lowest BCUT2D eigenvalue weighted by Gasteiger charge is -2.40. The number of rotatable bonds is 6. The molecule has 4 heterocycles. The van der Waals surface area contributed by atoms with E-state index in [1.54, 1.807) is 6.33 Å². The number of aliphatic hydroxyl groups excluding tert-OH is 1. The first-order valence-corrected chi connectivity index (χ1v) is 11.1. The number of hydrogen-bond donors (Lipinski definition) is 2. The molecule has 2 aliphatic heterocycles. The lowest BCUT2D eigenvalue weighted by atomic mass is 10.0. The van der Waals surface area contributed by atoms with E-state index in [2.05, 4.69) is 20.1 Å². The summed E-state index contributed by atoms with van der Waals surface area (Å²) in [4.78, 5) is 19.1. The van der Waals surface area contributed by atoms with Gasteiger partial charge in [0.2, 0.25) is 5.95 Å². The molecule has 0 amide bonds. The second kappa shape index (κ2) is 9.17. The molecule has 0 radical (unpaired) electrons. The number of benzene rings is 1. The normalized spacial score (nSPS) is 18.5. The molecular formula is C22H29N7O2. The highest BCUT2D eigenvalue weighted by molar-refractivity contribution is 5.85. The standard InChI is InChI=1S/C22H29N7O2/c30-13-8-23-20-19-21(29(16-24-19)18-4-2-1-3-5-18)26-22(25-20)28-9-6-17(7-10-28)27-11-14-31-15-12-27/h1-5,16-17,30H,6-15H2,(H,23,25,26). The van der Waals surface area contributed by atoms with Crippen LogP contribution in [-0.2, 0) is 4.74 Å². The Morgan fingerprint density at radius 2 is 1.81 bits per heavy atom. The van der Waals surface area contributed by atoms with Crippen LogP contribution in [0.4, 0.5) is 11.8 Å². The van der Waals surface area contributed by atoms with Gasteiger partial charge in [-0.25, -0.2) is 4.98 Å². The summed E-state index contributed by atoms with van der Waals surface area (Å²) in [5.74, 6) is 1.38. The molecule has 2 aromatic heterocycles. The Bertz CT molecular complexity index is 996. The van der Waals surface area contributed by atoms with E-state index in [4.69, 9.17) is 14.7 Å². The van der Waals surface area contributed by atoms with Gasteiger partial charge < -0.3 is 20.1 Å². The van der Waals surface area contributed by atoms with Gasteiger partial charge in [0, 0.05) is 44.5 Å². The van der Waals surface area contributed by atoms with Crippen LogP contribution in [0.25, 0.3) is 16.9 Å². The number of fused-ring (bicyclic) bond motifs is 1. The SMILES string of the molecule is OCCNc1nc(N2CCC(N3CCOCC3)CC2)nc2c1ncn2-c1ccccc1. The number of piperidine rings is 1. The molecule has 3 aromatic rings. The maximum absolute atomic E-state index is 9.30. The molecule has 2 N–H and O–H groups in total. The molecule has 31 heavy (non-hydrogen) atoms. The van der Waals surface area contributed by atoms with Gasteiger partial charge in [0.05, 0.1) is 19.8 Å². The minimum atomic E-state index is 0.0329. The van der Waals surface area contributed by atoms with E-state index in [1.165, 1.54) is 0 Å². The predicted octanol–water partition coefficient (Wildman–Crippen LogP) is 1.52. The molecule has 9 heteroatoms. The molecule has 0 bridgehead atoms. The van der Waals surface area contributed by atoms with E-state index >= 15 is 0 Å².